The number of likely N-dealkylation sites (tertiary alicyclic amines) is 1. The van der Waals surface area contributed by atoms with Gasteiger partial charge in [0.1, 0.15) is 0 Å². The number of nitrogens with zero attached hydrogens (tertiary/aromatic N) is 3. The fourth-order valence-electron chi connectivity index (χ4n) is 3.04. The van der Waals surface area contributed by atoms with Gasteiger partial charge < -0.3 is 4.90 Å². The van der Waals surface area contributed by atoms with Crippen LogP contribution in [-0.2, 0) is 11.2 Å². The van der Waals surface area contributed by atoms with Gasteiger partial charge in [-0.3, -0.25) is 4.79 Å². The van der Waals surface area contributed by atoms with Crippen LogP contribution in [0.1, 0.15) is 31.7 Å². The molecule has 1 aromatic heterocycles. The Labute approximate surface area is 131 Å². The zero-order chi connectivity index (χ0) is 15.4. The fraction of sp³-hybridized carbons (Fsp3) is 0.444. The van der Waals surface area contributed by atoms with E-state index in [4.69, 9.17) is 0 Å². The maximum Gasteiger partial charge on any atom is 0.222 e. The summed E-state index contributed by atoms with van der Waals surface area (Å²) in [7, 11) is 0. The number of carbonyl (C=O) groups is 1. The molecule has 4 nitrogen and oxygen atoms in total. The van der Waals surface area contributed by atoms with E-state index in [1.807, 2.05) is 52.3 Å². The van der Waals surface area contributed by atoms with Crippen LogP contribution < -0.4 is 0 Å². The zero-order valence-electron chi connectivity index (χ0n) is 13.1. The molecule has 0 bridgehead atoms. The van der Waals surface area contributed by atoms with Crippen LogP contribution >= 0.6 is 0 Å². The molecule has 0 radical (unpaired) electrons. The first-order chi connectivity index (χ1) is 10.7. The lowest BCUT2D eigenvalue weighted by molar-refractivity contribution is -0.132. The molecule has 0 aliphatic carbocycles. The van der Waals surface area contributed by atoms with Gasteiger partial charge in [0.25, 0.3) is 0 Å². The summed E-state index contributed by atoms with van der Waals surface area (Å²) in [6, 6.07) is 10.0. The molecular formula is C18H23N3O. The number of piperidine rings is 1. The third kappa shape index (κ3) is 3.56. The number of benzene rings is 1. The summed E-state index contributed by atoms with van der Waals surface area (Å²) in [5.74, 6) is 0.914. The van der Waals surface area contributed by atoms with Crippen LogP contribution in [0.3, 0.4) is 0 Å². The highest BCUT2D eigenvalue weighted by molar-refractivity contribution is 5.76. The molecule has 1 fully saturated rings. The molecule has 0 spiro atoms. The molecule has 0 N–H and O–H groups in total. The standard InChI is InChI=1S/C18H23N3O/c1-15-6-5-11-20(13-15)18(22)10-9-16-12-19-21(14-16)17-7-3-2-4-8-17/h2-4,7-8,12,14-15H,5-6,9-11,13H2,1H3. The Bertz CT molecular complexity index is 620. The smallest absolute Gasteiger partial charge is 0.222 e. The molecule has 1 saturated heterocycles. The van der Waals surface area contributed by atoms with E-state index < -0.39 is 0 Å². The first-order valence-electron chi connectivity index (χ1n) is 8.09. The lowest BCUT2D eigenvalue weighted by Crippen LogP contribution is -2.39. The Hall–Kier alpha value is -2.10. The number of carbonyl (C=O) groups excluding carboxylic acids is 1. The topological polar surface area (TPSA) is 38.1 Å². The van der Waals surface area contributed by atoms with Crippen molar-refractivity contribution in [1.82, 2.24) is 14.7 Å². The molecular weight excluding hydrogens is 274 g/mol. The molecule has 1 unspecified atom stereocenters. The third-order valence-corrected chi connectivity index (χ3v) is 4.29. The molecule has 2 heterocycles. The van der Waals surface area contributed by atoms with Gasteiger partial charge in [-0.15, -0.1) is 0 Å². The molecule has 1 aliphatic rings. The molecule has 0 saturated carbocycles. The SMILES string of the molecule is CC1CCCN(C(=O)CCc2cnn(-c3ccccc3)c2)C1. The first-order valence-corrected chi connectivity index (χ1v) is 8.09. The monoisotopic (exact) mass is 297 g/mol. The van der Waals surface area contributed by atoms with Crippen molar-refractivity contribution in [2.24, 2.45) is 5.92 Å². The molecule has 2 aromatic rings. The maximum absolute atomic E-state index is 12.3. The van der Waals surface area contributed by atoms with E-state index in [0.29, 0.717) is 12.3 Å². The predicted octanol–water partition coefficient (Wildman–Crippen LogP) is 3.06. The second-order valence-corrected chi connectivity index (χ2v) is 6.22. The summed E-state index contributed by atoms with van der Waals surface area (Å²) in [6.45, 7) is 4.07. The quantitative estimate of drug-likeness (QED) is 0.870. The average Bonchev–Trinajstić information content (AvgIpc) is 3.02. The molecule has 116 valence electrons. The van der Waals surface area contributed by atoms with Crippen molar-refractivity contribution in [3.8, 4) is 5.69 Å². The zero-order valence-corrected chi connectivity index (χ0v) is 13.1. The van der Waals surface area contributed by atoms with E-state index in [9.17, 15) is 4.79 Å². The Morgan fingerprint density at radius 3 is 2.91 bits per heavy atom. The maximum atomic E-state index is 12.3. The summed E-state index contributed by atoms with van der Waals surface area (Å²) < 4.78 is 1.86. The van der Waals surface area contributed by atoms with Crippen LogP contribution in [0, 0.1) is 5.92 Å². The minimum absolute atomic E-state index is 0.277. The Morgan fingerprint density at radius 2 is 2.14 bits per heavy atom. The van der Waals surface area contributed by atoms with Crippen LogP contribution in [-0.4, -0.2) is 33.7 Å². The van der Waals surface area contributed by atoms with E-state index in [2.05, 4.69) is 12.0 Å². The second kappa shape index (κ2) is 6.77. The number of aromatic nitrogens is 2. The van der Waals surface area contributed by atoms with Crippen molar-refractivity contribution in [2.45, 2.75) is 32.6 Å². The van der Waals surface area contributed by atoms with Crippen molar-refractivity contribution in [2.75, 3.05) is 13.1 Å². The van der Waals surface area contributed by atoms with Gasteiger partial charge in [0.05, 0.1) is 11.9 Å². The highest BCUT2D eigenvalue weighted by Crippen LogP contribution is 2.17. The summed E-state index contributed by atoms with van der Waals surface area (Å²) in [5.41, 5.74) is 2.16. The Kier molecular flexibility index (Phi) is 4.56. The van der Waals surface area contributed by atoms with Crippen molar-refractivity contribution in [3.05, 3.63) is 48.3 Å². The van der Waals surface area contributed by atoms with Crippen molar-refractivity contribution in [3.63, 3.8) is 0 Å². The number of para-hydroxylation sites is 1. The van der Waals surface area contributed by atoms with Gasteiger partial charge in [0, 0.05) is 25.7 Å². The predicted molar refractivity (Wildman–Crippen MR) is 86.9 cm³/mol. The number of hydrogen-bond acceptors (Lipinski definition) is 2. The van der Waals surface area contributed by atoms with E-state index >= 15 is 0 Å². The lowest BCUT2D eigenvalue weighted by Gasteiger charge is -2.31. The van der Waals surface area contributed by atoms with Gasteiger partial charge in [-0.1, -0.05) is 25.1 Å². The van der Waals surface area contributed by atoms with Crippen LogP contribution in [0.5, 0.6) is 0 Å². The van der Waals surface area contributed by atoms with Gasteiger partial charge in [0.15, 0.2) is 0 Å². The number of hydrogen-bond donors (Lipinski definition) is 0. The van der Waals surface area contributed by atoms with Gasteiger partial charge in [-0.2, -0.15) is 5.10 Å². The normalized spacial score (nSPS) is 18.4. The number of rotatable bonds is 4. The minimum Gasteiger partial charge on any atom is -0.342 e. The van der Waals surface area contributed by atoms with Gasteiger partial charge in [-0.25, -0.2) is 4.68 Å². The molecule has 1 aromatic carbocycles. The number of amides is 1. The van der Waals surface area contributed by atoms with Crippen molar-refractivity contribution < 1.29 is 4.79 Å². The summed E-state index contributed by atoms with van der Waals surface area (Å²) in [6.07, 6.45) is 7.59. The largest absolute Gasteiger partial charge is 0.342 e. The molecule has 1 atom stereocenters. The third-order valence-electron chi connectivity index (χ3n) is 4.29. The fourth-order valence-corrected chi connectivity index (χ4v) is 3.04. The van der Waals surface area contributed by atoms with Crippen molar-refractivity contribution >= 4 is 5.91 Å². The van der Waals surface area contributed by atoms with Crippen LogP contribution in [0.25, 0.3) is 5.69 Å². The summed E-state index contributed by atoms with van der Waals surface area (Å²) >= 11 is 0. The molecule has 1 amide bonds. The molecule has 3 rings (SSSR count). The van der Waals surface area contributed by atoms with Gasteiger partial charge in [0.2, 0.25) is 5.91 Å². The van der Waals surface area contributed by atoms with E-state index in [-0.39, 0.29) is 5.91 Å². The van der Waals surface area contributed by atoms with E-state index in [0.717, 1.165) is 37.2 Å². The number of aryl methyl sites for hydroxylation is 1. The van der Waals surface area contributed by atoms with E-state index in [1.54, 1.807) is 0 Å². The van der Waals surface area contributed by atoms with E-state index in [1.165, 1.54) is 6.42 Å². The Balaban J connectivity index is 1.56. The highest BCUT2D eigenvalue weighted by atomic mass is 16.2. The second-order valence-electron chi connectivity index (χ2n) is 6.22. The van der Waals surface area contributed by atoms with Gasteiger partial charge in [-0.05, 0) is 42.9 Å². The van der Waals surface area contributed by atoms with Gasteiger partial charge >= 0.3 is 0 Å². The minimum atomic E-state index is 0.277. The Morgan fingerprint density at radius 1 is 1.32 bits per heavy atom. The lowest BCUT2D eigenvalue weighted by atomic mass is 10.00. The van der Waals surface area contributed by atoms with Crippen LogP contribution in [0.4, 0.5) is 0 Å². The average molecular weight is 297 g/mol. The van der Waals surface area contributed by atoms with Crippen LogP contribution in [0.2, 0.25) is 0 Å². The highest BCUT2D eigenvalue weighted by Gasteiger charge is 2.20. The summed E-state index contributed by atoms with van der Waals surface area (Å²) in [4.78, 5) is 14.3. The molecule has 4 heteroatoms. The van der Waals surface area contributed by atoms with Crippen LogP contribution in [0.15, 0.2) is 42.7 Å². The van der Waals surface area contributed by atoms with Crippen molar-refractivity contribution in [1.29, 1.82) is 0 Å². The molecule has 1 aliphatic heterocycles. The molecule has 22 heavy (non-hydrogen) atoms. The first kappa shape index (κ1) is 14.8. The summed E-state index contributed by atoms with van der Waals surface area (Å²) in [5, 5.41) is 4.38.